The Balaban J connectivity index is 2.30. The van der Waals surface area contributed by atoms with Crippen molar-refractivity contribution in [2.75, 3.05) is 6.26 Å². The lowest BCUT2D eigenvalue weighted by atomic mass is 10.1. The first-order valence-corrected chi connectivity index (χ1v) is 8.41. The van der Waals surface area contributed by atoms with Crippen LogP contribution in [0.25, 0.3) is 21.0 Å². The molecule has 0 saturated heterocycles. The molecule has 0 fully saturated rings. The van der Waals surface area contributed by atoms with Crippen LogP contribution in [0.15, 0.2) is 34.0 Å². The van der Waals surface area contributed by atoms with Crippen LogP contribution in [0.1, 0.15) is 5.56 Å². The molecular formula is C13H9N3S3. The second-order valence-corrected chi connectivity index (χ2v) is 6.78. The second kappa shape index (κ2) is 5.21. The number of nitrogens with zero attached hydrogens (tertiary/aromatic N) is 2. The zero-order chi connectivity index (χ0) is 13.2. The fourth-order valence-electron chi connectivity index (χ4n) is 1.88. The van der Waals surface area contributed by atoms with Gasteiger partial charge in [-0.25, -0.2) is 0 Å². The molecule has 0 atom stereocenters. The standard InChI is InChI=1S/C13H9N3S3/c1-17-13-8(7-14)11(10-3-2-6-18-10)12(19-13)9-4-5-15-16-9/h2-6H,1H3,(H,15,16). The highest BCUT2D eigenvalue weighted by molar-refractivity contribution is 8.00. The maximum atomic E-state index is 9.46. The summed E-state index contributed by atoms with van der Waals surface area (Å²) in [7, 11) is 0. The van der Waals surface area contributed by atoms with E-state index >= 15 is 0 Å². The molecular weight excluding hydrogens is 294 g/mol. The summed E-state index contributed by atoms with van der Waals surface area (Å²) in [6, 6.07) is 8.35. The Morgan fingerprint density at radius 3 is 2.89 bits per heavy atom. The van der Waals surface area contributed by atoms with E-state index in [2.05, 4.69) is 22.3 Å². The van der Waals surface area contributed by atoms with Gasteiger partial charge in [0.15, 0.2) is 0 Å². The van der Waals surface area contributed by atoms with E-state index in [4.69, 9.17) is 0 Å². The van der Waals surface area contributed by atoms with Gasteiger partial charge in [-0.05, 0) is 23.8 Å². The average Bonchev–Trinajstić information content (AvgIpc) is 3.16. The van der Waals surface area contributed by atoms with Crippen LogP contribution < -0.4 is 0 Å². The third-order valence-electron chi connectivity index (χ3n) is 2.69. The van der Waals surface area contributed by atoms with Gasteiger partial charge in [0.1, 0.15) is 6.07 Å². The van der Waals surface area contributed by atoms with Crippen LogP contribution in [0.3, 0.4) is 0 Å². The van der Waals surface area contributed by atoms with Crippen LogP contribution in [-0.4, -0.2) is 16.5 Å². The molecule has 3 heterocycles. The van der Waals surface area contributed by atoms with Crippen molar-refractivity contribution in [3.05, 3.63) is 35.3 Å². The van der Waals surface area contributed by atoms with E-state index < -0.39 is 0 Å². The summed E-state index contributed by atoms with van der Waals surface area (Å²) in [6.07, 6.45) is 3.74. The number of H-pyrrole nitrogens is 1. The van der Waals surface area contributed by atoms with Gasteiger partial charge in [-0.1, -0.05) is 6.07 Å². The zero-order valence-electron chi connectivity index (χ0n) is 10.0. The Morgan fingerprint density at radius 1 is 1.42 bits per heavy atom. The minimum absolute atomic E-state index is 0.768. The lowest BCUT2D eigenvalue weighted by Gasteiger charge is -1.99. The number of thioether (sulfide) groups is 1. The molecule has 1 N–H and O–H groups in total. The summed E-state index contributed by atoms with van der Waals surface area (Å²) in [5.74, 6) is 0. The van der Waals surface area contributed by atoms with Crippen LogP contribution in [-0.2, 0) is 0 Å². The Labute approximate surface area is 122 Å². The normalized spacial score (nSPS) is 10.5. The summed E-state index contributed by atoms with van der Waals surface area (Å²) in [5, 5.41) is 18.5. The first-order chi connectivity index (χ1) is 9.35. The van der Waals surface area contributed by atoms with Crippen LogP contribution in [0, 0.1) is 11.3 Å². The van der Waals surface area contributed by atoms with Crippen LogP contribution in [0.4, 0.5) is 0 Å². The molecule has 6 heteroatoms. The minimum atomic E-state index is 0.768. The van der Waals surface area contributed by atoms with Gasteiger partial charge in [0, 0.05) is 16.6 Å². The smallest absolute Gasteiger partial charge is 0.102 e. The Kier molecular flexibility index (Phi) is 3.42. The van der Waals surface area contributed by atoms with Gasteiger partial charge in [-0.15, -0.1) is 34.4 Å². The van der Waals surface area contributed by atoms with Crippen molar-refractivity contribution in [1.29, 1.82) is 5.26 Å². The molecule has 0 aromatic carbocycles. The molecule has 0 aliphatic heterocycles. The quantitative estimate of drug-likeness (QED) is 0.727. The largest absolute Gasteiger partial charge is 0.277 e. The van der Waals surface area contributed by atoms with Crippen molar-refractivity contribution in [3.8, 4) is 27.1 Å². The molecule has 0 unspecified atom stereocenters. The highest BCUT2D eigenvalue weighted by atomic mass is 32.2. The zero-order valence-corrected chi connectivity index (χ0v) is 12.5. The van der Waals surface area contributed by atoms with Gasteiger partial charge in [0.2, 0.25) is 0 Å². The van der Waals surface area contributed by atoms with Gasteiger partial charge in [0.25, 0.3) is 0 Å². The van der Waals surface area contributed by atoms with Crippen LogP contribution in [0.2, 0.25) is 0 Å². The number of aromatic amines is 1. The number of rotatable bonds is 3. The van der Waals surface area contributed by atoms with Crippen molar-refractivity contribution in [2.45, 2.75) is 4.21 Å². The van der Waals surface area contributed by atoms with E-state index in [1.165, 1.54) is 0 Å². The molecule has 0 amide bonds. The van der Waals surface area contributed by atoms with Crippen molar-refractivity contribution >= 4 is 34.4 Å². The first kappa shape index (κ1) is 12.5. The average molecular weight is 303 g/mol. The summed E-state index contributed by atoms with van der Waals surface area (Å²) in [4.78, 5) is 2.21. The maximum absolute atomic E-state index is 9.46. The third kappa shape index (κ3) is 2.10. The SMILES string of the molecule is CSc1sc(-c2ccn[nH]2)c(-c2cccs2)c1C#N. The Bertz CT molecular complexity index is 718. The van der Waals surface area contributed by atoms with Crippen LogP contribution in [0.5, 0.6) is 0 Å². The second-order valence-electron chi connectivity index (χ2n) is 3.73. The lowest BCUT2D eigenvalue weighted by Crippen LogP contribution is -1.81. The van der Waals surface area contributed by atoms with Crippen molar-refractivity contribution in [1.82, 2.24) is 10.2 Å². The Hall–Kier alpha value is -1.55. The molecule has 3 aromatic heterocycles. The predicted molar refractivity (Wildman–Crippen MR) is 81.7 cm³/mol. The fraction of sp³-hybridized carbons (Fsp3) is 0.0769. The highest BCUT2D eigenvalue weighted by Crippen LogP contribution is 2.46. The topological polar surface area (TPSA) is 52.5 Å². The molecule has 0 bridgehead atoms. The molecule has 0 aliphatic carbocycles. The molecule has 0 radical (unpaired) electrons. The highest BCUT2D eigenvalue weighted by Gasteiger charge is 2.21. The minimum Gasteiger partial charge on any atom is -0.277 e. The van der Waals surface area contributed by atoms with Crippen molar-refractivity contribution in [3.63, 3.8) is 0 Å². The van der Waals surface area contributed by atoms with E-state index in [9.17, 15) is 5.26 Å². The fourth-order valence-corrected chi connectivity index (χ4v) is 4.64. The molecule has 3 rings (SSSR count). The molecule has 0 spiro atoms. The number of hydrogen-bond acceptors (Lipinski definition) is 5. The number of nitrogens with one attached hydrogen (secondary N) is 1. The van der Waals surface area contributed by atoms with E-state index in [0.29, 0.717) is 0 Å². The maximum Gasteiger partial charge on any atom is 0.102 e. The predicted octanol–water partition coefficient (Wildman–Crippen LogP) is 4.46. The van der Waals surface area contributed by atoms with E-state index in [0.717, 1.165) is 30.8 Å². The van der Waals surface area contributed by atoms with Crippen molar-refractivity contribution in [2.24, 2.45) is 0 Å². The number of nitriles is 1. The summed E-state index contributed by atoms with van der Waals surface area (Å²) < 4.78 is 1.05. The monoisotopic (exact) mass is 303 g/mol. The Morgan fingerprint density at radius 2 is 2.32 bits per heavy atom. The molecule has 94 valence electrons. The summed E-state index contributed by atoms with van der Waals surface area (Å²) in [6.45, 7) is 0. The van der Waals surface area contributed by atoms with E-state index in [1.807, 2.05) is 23.8 Å². The number of thiophene rings is 2. The molecule has 0 saturated carbocycles. The lowest BCUT2D eigenvalue weighted by molar-refractivity contribution is 1.10. The molecule has 3 nitrogen and oxygen atoms in total. The third-order valence-corrected chi connectivity index (χ3v) is 5.92. The first-order valence-electron chi connectivity index (χ1n) is 5.49. The number of aromatic nitrogens is 2. The van der Waals surface area contributed by atoms with Gasteiger partial charge in [-0.2, -0.15) is 10.4 Å². The van der Waals surface area contributed by atoms with E-state index in [-0.39, 0.29) is 0 Å². The van der Waals surface area contributed by atoms with Gasteiger partial charge >= 0.3 is 0 Å². The molecule has 19 heavy (non-hydrogen) atoms. The molecule has 0 aliphatic rings. The van der Waals surface area contributed by atoms with Crippen LogP contribution >= 0.6 is 34.4 Å². The van der Waals surface area contributed by atoms with E-state index in [1.54, 1.807) is 40.6 Å². The summed E-state index contributed by atoms with van der Waals surface area (Å²) in [5.41, 5.74) is 2.76. The van der Waals surface area contributed by atoms with Crippen molar-refractivity contribution < 1.29 is 0 Å². The van der Waals surface area contributed by atoms with Gasteiger partial charge < -0.3 is 0 Å². The van der Waals surface area contributed by atoms with Gasteiger partial charge in [-0.3, -0.25) is 5.10 Å². The number of hydrogen-bond donors (Lipinski definition) is 1. The molecule has 3 aromatic rings. The summed E-state index contributed by atoms with van der Waals surface area (Å²) >= 11 is 4.91. The van der Waals surface area contributed by atoms with Gasteiger partial charge in [0.05, 0.1) is 20.3 Å².